The number of nitrogens with one attached hydrogen (secondary N) is 1. The third-order valence-corrected chi connectivity index (χ3v) is 4.04. The number of methoxy groups -OCH3 is 1. The summed E-state index contributed by atoms with van der Waals surface area (Å²) in [6.45, 7) is 0.769. The van der Waals surface area contributed by atoms with Gasteiger partial charge in [-0.25, -0.2) is 9.78 Å². The van der Waals surface area contributed by atoms with Crippen LogP contribution in [0.3, 0.4) is 0 Å². The molecule has 116 valence electrons. The van der Waals surface area contributed by atoms with Crippen LogP contribution in [0.4, 0.5) is 10.5 Å². The van der Waals surface area contributed by atoms with Crippen molar-refractivity contribution < 1.29 is 9.53 Å². The number of carbonyl (C=O) groups excluding carboxylic acids is 1. The number of amides is 2. The van der Waals surface area contributed by atoms with E-state index in [9.17, 15) is 4.79 Å². The van der Waals surface area contributed by atoms with Crippen LogP contribution in [0.5, 0.6) is 5.88 Å². The van der Waals surface area contributed by atoms with Crippen LogP contribution in [0.2, 0.25) is 0 Å². The van der Waals surface area contributed by atoms with E-state index in [1.807, 2.05) is 24.2 Å². The highest BCUT2D eigenvalue weighted by atomic mass is 16.5. The van der Waals surface area contributed by atoms with Gasteiger partial charge in [0.1, 0.15) is 0 Å². The summed E-state index contributed by atoms with van der Waals surface area (Å²) >= 11 is 0. The van der Waals surface area contributed by atoms with Crippen LogP contribution in [0.1, 0.15) is 24.6 Å². The number of anilines is 1. The van der Waals surface area contributed by atoms with Crippen molar-refractivity contribution in [3.8, 4) is 5.88 Å². The Balaban J connectivity index is 1.72. The number of urea groups is 1. The topological polar surface area (TPSA) is 59.4 Å². The number of aryl methyl sites for hydroxylation is 1. The summed E-state index contributed by atoms with van der Waals surface area (Å²) in [5.41, 5.74) is 1.84. The lowest BCUT2D eigenvalue weighted by atomic mass is 10.1. The van der Waals surface area contributed by atoms with Crippen LogP contribution >= 0.6 is 0 Å². The first-order valence-electron chi connectivity index (χ1n) is 7.38. The zero-order valence-electron chi connectivity index (χ0n) is 12.8. The second-order valence-corrected chi connectivity index (χ2v) is 5.41. The monoisotopic (exact) mass is 300 g/mol. The average Bonchev–Trinajstić information content (AvgIpc) is 3.16. The molecule has 3 heterocycles. The highest BCUT2D eigenvalue weighted by Crippen LogP contribution is 2.32. The van der Waals surface area contributed by atoms with Crippen molar-refractivity contribution in [3.05, 3.63) is 42.4 Å². The maximum Gasteiger partial charge on any atom is 0.322 e. The molecule has 2 aromatic heterocycles. The first-order valence-corrected chi connectivity index (χ1v) is 7.38. The second kappa shape index (κ2) is 6.09. The van der Waals surface area contributed by atoms with E-state index in [1.165, 1.54) is 5.69 Å². The quantitative estimate of drug-likeness (QED) is 0.948. The highest BCUT2D eigenvalue weighted by molar-refractivity contribution is 5.89. The SMILES string of the molecule is COc1ccc(NC(=O)N2CCC[C@@H]2c2cccn2C)cn1. The number of hydrogen-bond acceptors (Lipinski definition) is 3. The number of likely N-dealkylation sites (tertiary alicyclic amines) is 1. The Morgan fingerprint density at radius 3 is 2.91 bits per heavy atom. The van der Waals surface area contributed by atoms with E-state index >= 15 is 0 Å². The van der Waals surface area contributed by atoms with Gasteiger partial charge in [0.25, 0.3) is 0 Å². The Labute approximate surface area is 129 Å². The number of hydrogen-bond donors (Lipinski definition) is 1. The van der Waals surface area contributed by atoms with Crippen LogP contribution in [0.15, 0.2) is 36.7 Å². The molecule has 6 nitrogen and oxygen atoms in total. The van der Waals surface area contributed by atoms with Gasteiger partial charge in [-0.2, -0.15) is 0 Å². The molecule has 1 atom stereocenters. The average molecular weight is 300 g/mol. The molecule has 0 spiro atoms. The third-order valence-electron chi connectivity index (χ3n) is 4.04. The molecule has 0 aromatic carbocycles. The number of nitrogens with zero attached hydrogens (tertiary/aromatic N) is 3. The summed E-state index contributed by atoms with van der Waals surface area (Å²) < 4.78 is 7.09. The van der Waals surface area contributed by atoms with Gasteiger partial charge in [-0.05, 0) is 31.0 Å². The van der Waals surface area contributed by atoms with Gasteiger partial charge in [-0.15, -0.1) is 0 Å². The Bertz CT molecular complexity index is 650. The van der Waals surface area contributed by atoms with Gasteiger partial charge in [0.05, 0.1) is 25.0 Å². The summed E-state index contributed by atoms with van der Waals surface area (Å²) in [4.78, 5) is 18.5. The zero-order valence-corrected chi connectivity index (χ0v) is 12.8. The summed E-state index contributed by atoms with van der Waals surface area (Å²) in [7, 11) is 3.58. The smallest absolute Gasteiger partial charge is 0.322 e. The Morgan fingerprint density at radius 2 is 2.27 bits per heavy atom. The molecule has 1 aliphatic heterocycles. The fourth-order valence-electron chi connectivity index (χ4n) is 2.91. The van der Waals surface area contributed by atoms with Crippen LogP contribution in [0.25, 0.3) is 0 Å². The molecule has 22 heavy (non-hydrogen) atoms. The van der Waals surface area contributed by atoms with Crippen molar-refractivity contribution in [2.45, 2.75) is 18.9 Å². The molecule has 1 saturated heterocycles. The molecule has 1 N–H and O–H groups in total. The van der Waals surface area contributed by atoms with E-state index in [0.717, 1.165) is 19.4 Å². The lowest BCUT2D eigenvalue weighted by Gasteiger charge is -2.25. The van der Waals surface area contributed by atoms with Crippen molar-refractivity contribution in [2.24, 2.45) is 7.05 Å². The molecule has 0 radical (unpaired) electrons. The Hall–Kier alpha value is -2.50. The fourth-order valence-corrected chi connectivity index (χ4v) is 2.91. The summed E-state index contributed by atoms with van der Waals surface area (Å²) in [6, 6.07) is 7.65. The first kappa shape index (κ1) is 14.4. The van der Waals surface area contributed by atoms with Crippen molar-refractivity contribution in [1.82, 2.24) is 14.5 Å². The van der Waals surface area contributed by atoms with Gasteiger partial charge in [0.2, 0.25) is 5.88 Å². The normalized spacial score (nSPS) is 17.5. The largest absolute Gasteiger partial charge is 0.481 e. The van der Waals surface area contributed by atoms with Crippen molar-refractivity contribution in [3.63, 3.8) is 0 Å². The predicted molar refractivity (Wildman–Crippen MR) is 83.9 cm³/mol. The third kappa shape index (κ3) is 2.77. The molecule has 0 bridgehead atoms. The maximum absolute atomic E-state index is 12.5. The molecule has 3 rings (SSSR count). The predicted octanol–water partition coefficient (Wildman–Crippen LogP) is 2.80. The summed E-state index contributed by atoms with van der Waals surface area (Å²) in [5.74, 6) is 0.529. The minimum atomic E-state index is -0.0873. The van der Waals surface area contributed by atoms with Crippen LogP contribution < -0.4 is 10.1 Å². The summed E-state index contributed by atoms with van der Waals surface area (Å²) in [5, 5.41) is 2.91. The highest BCUT2D eigenvalue weighted by Gasteiger charge is 2.31. The molecule has 0 saturated carbocycles. The maximum atomic E-state index is 12.5. The first-order chi connectivity index (χ1) is 10.7. The number of ether oxygens (including phenoxy) is 1. The van der Waals surface area contributed by atoms with Gasteiger partial charge < -0.3 is 19.5 Å². The second-order valence-electron chi connectivity index (χ2n) is 5.41. The van der Waals surface area contributed by atoms with E-state index in [2.05, 4.69) is 20.9 Å². The zero-order chi connectivity index (χ0) is 15.5. The number of aromatic nitrogens is 2. The van der Waals surface area contributed by atoms with Crippen molar-refractivity contribution in [2.75, 3.05) is 19.0 Å². The minimum Gasteiger partial charge on any atom is -0.481 e. The molecule has 0 unspecified atom stereocenters. The number of carbonyl (C=O) groups is 1. The van der Waals surface area contributed by atoms with Gasteiger partial charge in [-0.3, -0.25) is 0 Å². The van der Waals surface area contributed by atoms with E-state index in [1.54, 1.807) is 25.4 Å². The van der Waals surface area contributed by atoms with Crippen molar-refractivity contribution in [1.29, 1.82) is 0 Å². The molecule has 1 aliphatic rings. The van der Waals surface area contributed by atoms with Crippen LogP contribution in [-0.2, 0) is 7.05 Å². The minimum absolute atomic E-state index is 0.0873. The van der Waals surface area contributed by atoms with E-state index in [0.29, 0.717) is 11.6 Å². The number of rotatable bonds is 3. The van der Waals surface area contributed by atoms with E-state index in [4.69, 9.17) is 4.74 Å². The molecule has 2 amide bonds. The summed E-state index contributed by atoms with van der Waals surface area (Å²) in [6.07, 6.45) is 5.62. The van der Waals surface area contributed by atoms with E-state index in [-0.39, 0.29) is 12.1 Å². The lowest BCUT2D eigenvalue weighted by molar-refractivity contribution is 0.205. The Kier molecular flexibility index (Phi) is 4.00. The molecular formula is C16H20N4O2. The molecule has 1 fully saturated rings. The van der Waals surface area contributed by atoms with Crippen LogP contribution in [-0.4, -0.2) is 34.1 Å². The van der Waals surface area contributed by atoms with Crippen molar-refractivity contribution >= 4 is 11.7 Å². The molecule has 0 aliphatic carbocycles. The number of pyridine rings is 1. The Morgan fingerprint density at radius 1 is 1.41 bits per heavy atom. The van der Waals surface area contributed by atoms with E-state index < -0.39 is 0 Å². The van der Waals surface area contributed by atoms with Gasteiger partial charge in [-0.1, -0.05) is 0 Å². The lowest BCUT2D eigenvalue weighted by Crippen LogP contribution is -2.35. The van der Waals surface area contributed by atoms with Crippen LogP contribution in [0, 0.1) is 0 Å². The van der Waals surface area contributed by atoms with Gasteiger partial charge in [0, 0.05) is 31.5 Å². The molecular weight excluding hydrogens is 280 g/mol. The standard InChI is InChI=1S/C16H20N4O2/c1-19-9-3-5-13(19)14-6-4-10-20(14)16(21)18-12-7-8-15(22-2)17-11-12/h3,5,7-9,11,14H,4,6,10H2,1-2H3,(H,18,21)/t14-/m1/s1. The van der Waals surface area contributed by atoms with Gasteiger partial charge >= 0.3 is 6.03 Å². The van der Waals surface area contributed by atoms with Gasteiger partial charge in [0.15, 0.2) is 0 Å². The fraction of sp³-hybridized carbons (Fsp3) is 0.375. The molecule has 6 heteroatoms. The molecule has 2 aromatic rings.